The number of piperidine rings is 1. The zero-order chi connectivity index (χ0) is 32.7. The third-order valence-corrected chi connectivity index (χ3v) is 11.6. The first-order valence-corrected chi connectivity index (χ1v) is 16.9. The Morgan fingerprint density at radius 3 is 2.29 bits per heavy atom. The Bertz CT molecular complexity index is 1700. The zero-order valence-electron chi connectivity index (χ0n) is 25.6. The van der Waals surface area contributed by atoms with Crippen molar-refractivity contribution in [2.45, 2.75) is 49.6 Å². The molecular weight excluding hydrogens is 626 g/mol. The Labute approximate surface area is 265 Å². The first kappa shape index (κ1) is 32.9. The summed E-state index contributed by atoms with van der Waals surface area (Å²) in [6, 6.07) is 7.09. The summed E-state index contributed by atoms with van der Waals surface area (Å²) in [6.07, 6.45) is 0.949. The van der Waals surface area contributed by atoms with Gasteiger partial charge in [0.2, 0.25) is 15.9 Å². The van der Waals surface area contributed by atoms with Crippen molar-refractivity contribution >= 4 is 33.2 Å². The van der Waals surface area contributed by atoms with Gasteiger partial charge in [-0.15, -0.1) is 11.3 Å². The molecular formula is C31H37F2N4O6S2+. The van der Waals surface area contributed by atoms with Gasteiger partial charge in [-0.05, 0) is 54.3 Å². The summed E-state index contributed by atoms with van der Waals surface area (Å²) in [5, 5.41) is 14.5. The number of rotatable bonds is 10. The van der Waals surface area contributed by atoms with E-state index in [9.17, 15) is 31.9 Å². The van der Waals surface area contributed by atoms with Crippen molar-refractivity contribution in [3.63, 3.8) is 0 Å². The molecule has 1 amide bonds. The van der Waals surface area contributed by atoms with E-state index in [4.69, 9.17) is 4.74 Å². The van der Waals surface area contributed by atoms with Crippen LogP contribution in [0.4, 0.5) is 8.78 Å². The minimum atomic E-state index is -3.76. The van der Waals surface area contributed by atoms with Crippen molar-refractivity contribution in [1.82, 2.24) is 14.6 Å². The summed E-state index contributed by atoms with van der Waals surface area (Å²) in [5.41, 5.74) is 0.344. The second kappa shape index (κ2) is 12.4. The number of carbonyl (C=O) groups is 2. The van der Waals surface area contributed by atoms with Crippen molar-refractivity contribution in [1.29, 1.82) is 0 Å². The number of amides is 1. The Hall–Kier alpha value is -3.46. The number of hydrogen-bond donors (Lipinski definition) is 2. The quantitative estimate of drug-likeness (QED) is 0.316. The molecule has 1 saturated heterocycles. The van der Waals surface area contributed by atoms with Crippen LogP contribution in [0.3, 0.4) is 0 Å². The van der Waals surface area contributed by atoms with E-state index < -0.39 is 45.4 Å². The maximum absolute atomic E-state index is 13.8. The van der Waals surface area contributed by atoms with Gasteiger partial charge < -0.3 is 19.6 Å². The van der Waals surface area contributed by atoms with Gasteiger partial charge in [-0.2, -0.15) is 4.31 Å². The van der Waals surface area contributed by atoms with Crippen molar-refractivity contribution in [2.24, 2.45) is 5.41 Å². The predicted octanol–water partition coefficient (Wildman–Crippen LogP) is 3.83. The molecule has 242 valence electrons. The lowest BCUT2D eigenvalue weighted by atomic mass is 9.80. The smallest absolute Gasteiger partial charge is 0.304 e. The van der Waals surface area contributed by atoms with Crippen LogP contribution in [0.2, 0.25) is 0 Å². The molecule has 2 N–H and O–H groups in total. The molecule has 0 atom stereocenters. The van der Waals surface area contributed by atoms with Crippen LogP contribution in [-0.2, 0) is 39.0 Å². The third-order valence-electron chi connectivity index (χ3n) is 8.83. The van der Waals surface area contributed by atoms with E-state index in [2.05, 4.69) is 31.4 Å². The highest BCUT2D eigenvalue weighted by atomic mass is 32.2. The molecule has 5 rings (SSSR count). The number of sulfonamides is 1. The van der Waals surface area contributed by atoms with Crippen LogP contribution < -0.4 is 10.1 Å². The van der Waals surface area contributed by atoms with Crippen LogP contribution in [0.1, 0.15) is 35.4 Å². The fraction of sp³-hybridized carbons (Fsp3) is 0.452. The summed E-state index contributed by atoms with van der Waals surface area (Å²) >= 11 is 1.24. The third kappa shape index (κ3) is 6.74. The van der Waals surface area contributed by atoms with Crippen LogP contribution in [0.5, 0.6) is 5.75 Å². The Morgan fingerprint density at radius 2 is 1.73 bits per heavy atom. The number of halogens is 2. The second-order valence-electron chi connectivity index (χ2n) is 12.7. The van der Waals surface area contributed by atoms with Crippen LogP contribution in [0.15, 0.2) is 40.6 Å². The molecule has 2 aromatic carbocycles. The lowest BCUT2D eigenvalue weighted by Gasteiger charge is -2.39. The summed E-state index contributed by atoms with van der Waals surface area (Å²) in [4.78, 5) is 29.8. The van der Waals surface area contributed by atoms with Gasteiger partial charge in [-0.25, -0.2) is 22.2 Å². The van der Waals surface area contributed by atoms with E-state index in [1.165, 1.54) is 28.8 Å². The molecule has 0 unspecified atom stereocenters. The lowest BCUT2D eigenvalue weighted by Crippen LogP contribution is -2.52. The summed E-state index contributed by atoms with van der Waals surface area (Å²) < 4.78 is 62.7. The SMILES string of the molecule is COc1ccc(S(=O)(=O)N2CCC([N+](C)(C)C)CC2)cc1-c1csc(CNC(=O)C2(CC(=O)O)Cc3cc(F)c(F)cc3C2)n1. The zero-order valence-corrected chi connectivity index (χ0v) is 27.2. The monoisotopic (exact) mass is 663 g/mol. The van der Waals surface area contributed by atoms with Crippen molar-refractivity contribution in [3.8, 4) is 17.0 Å². The fourth-order valence-electron chi connectivity index (χ4n) is 6.32. The first-order valence-electron chi connectivity index (χ1n) is 14.5. The van der Waals surface area contributed by atoms with Crippen molar-refractivity contribution in [3.05, 3.63) is 63.5 Å². The molecule has 10 nitrogen and oxygen atoms in total. The molecule has 1 aliphatic carbocycles. The average molecular weight is 664 g/mol. The van der Waals surface area contributed by atoms with Gasteiger partial charge in [0.25, 0.3) is 0 Å². The number of carboxylic acids is 1. The van der Waals surface area contributed by atoms with Crippen LogP contribution in [0.25, 0.3) is 11.3 Å². The predicted molar refractivity (Wildman–Crippen MR) is 164 cm³/mol. The van der Waals surface area contributed by atoms with Gasteiger partial charge in [0, 0.05) is 36.9 Å². The van der Waals surface area contributed by atoms with Gasteiger partial charge in [0.15, 0.2) is 11.6 Å². The van der Waals surface area contributed by atoms with Crippen LogP contribution in [-0.4, -0.2) is 86.6 Å². The summed E-state index contributed by atoms with van der Waals surface area (Å²) in [6.45, 7) is 0.844. The molecule has 45 heavy (non-hydrogen) atoms. The van der Waals surface area contributed by atoms with Gasteiger partial charge in [-0.1, -0.05) is 0 Å². The number of carbonyl (C=O) groups excluding carboxylic acids is 1. The number of aromatic nitrogens is 1. The number of quaternary nitrogens is 1. The highest BCUT2D eigenvalue weighted by Crippen LogP contribution is 2.41. The minimum Gasteiger partial charge on any atom is -0.496 e. The molecule has 1 aromatic heterocycles. The Balaban J connectivity index is 1.32. The molecule has 3 aromatic rings. The van der Waals surface area contributed by atoms with E-state index in [0.717, 1.165) is 29.5 Å². The van der Waals surface area contributed by atoms with Gasteiger partial charge in [0.1, 0.15) is 10.8 Å². The molecule has 2 aliphatic rings. The number of thiazole rings is 1. The van der Waals surface area contributed by atoms with E-state index >= 15 is 0 Å². The van der Waals surface area contributed by atoms with Crippen LogP contribution >= 0.6 is 11.3 Å². The topological polar surface area (TPSA) is 126 Å². The number of nitrogens with zero attached hydrogens (tertiary/aromatic N) is 3. The fourth-order valence-corrected chi connectivity index (χ4v) is 8.55. The minimum absolute atomic E-state index is 0.0223. The Morgan fingerprint density at radius 1 is 1.11 bits per heavy atom. The molecule has 1 aliphatic heterocycles. The first-order chi connectivity index (χ1) is 21.1. The molecule has 0 saturated carbocycles. The average Bonchev–Trinajstić information content (AvgIpc) is 3.60. The maximum atomic E-state index is 13.8. The molecule has 0 radical (unpaired) electrons. The van der Waals surface area contributed by atoms with Gasteiger partial charge in [-0.3, -0.25) is 9.59 Å². The van der Waals surface area contributed by atoms with E-state index in [1.54, 1.807) is 17.5 Å². The van der Waals surface area contributed by atoms with Crippen molar-refractivity contribution in [2.75, 3.05) is 41.3 Å². The van der Waals surface area contributed by atoms with Crippen molar-refractivity contribution < 1.29 is 41.1 Å². The molecule has 14 heteroatoms. The standard InChI is InChI=1S/C31H36F2N4O6S2/c1-37(2,3)21-7-9-36(10-8-21)45(41,42)22-5-6-27(43-4)23(13-22)26-18-44-28(35-26)17-34-30(40)31(16-29(38)39)14-19-11-24(32)25(33)12-20(19)15-31/h5-6,11-13,18,21H,7-10,14-17H2,1-4H3,(H-,34,38,39,40)/p+1. The summed E-state index contributed by atoms with van der Waals surface area (Å²) in [5.74, 6) is -3.42. The number of methoxy groups -OCH3 is 1. The highest BCUT2D eigenvalue weighted by Gasteiger charge is 2.46. The molecule has 0 spiro atoms. The molecule has 1 fully saturated rings. The number of aliphatic carboxylic acids is 1. The van der Waals surface area contributed by atoms with Crippen LogP contribution in [0, 0.1) is 17.0 Å². The number of carboxylic acid groups (broad SMARTS) is 1. The number of fused-ring (bicyclic) bond motifs is 1. The summed E-state index contributed by atoms with van der Waals surface area (Å²) in [7, 11) is 4.07. The van der Waals surface area contributed by atoms with E-state index in [0.29, 0.717) is 52.3 Å². The van der Waals surface area contributed by atoms with Gasteiger partial charge in [0.05, 0.1) is 63.3 Å². The number of ether oxygens (including phenoxy) is 1. The Kier molecular flexibility index (Phi) is 9.06. The normalized spacial score (nSPS) is 17.2. The number of nitrogens with one attached hydrogen (secondary N) is 1. The highest BCUT2D eigenvalue weighted by molar-refractivity contribution is 7.89. The maximum Gasteiger partial charge on any atom is 0.304 e. The largest absolute Gasteiger partial charge is 0.496 e. The second-order valence-corrected chi connectivity index (χ2v) is 15.5. The number of hydrogen-bond acceptors (Lipinski definition) is 7. The molecule has 0 bridgehead atoms. The van der Waals surface area contributed by atoms with E-state index in [-0.39, 0.29) is 24.3 Å². The lowest BCUT2D eigenvalue weighted by molar-refractivity contribution is -0.897. The number of benzene rings is 2. The van der Waals surface area contributed by atoms with E-state index in [1.807, 2.05) is 0 Å². The molecule has 2 heterocycles. The van der Waals surface area contributed by atoms with Gasteiger partial charge >= 0.3 is 5.97 Å².